The van der Waals surface area contributed by atoms with Crippen molar-refractivity contribution < 1.29 is 14.3 Å². The lowest BCUT2D eigenvalue weighted by atomic mass is 9.89. The van der Waals surface area contributed by atoms with Crippen molar-refractivity contribution in [2.75, 3.05) is 0 Å². The van der Waals surface area contributed by atoms with Crippen molar-refractivity contribution in [3.8, 4) is 5.75 Å². The Kier molecular flexibility index (Phi) is 6.19. The number of ether oxygens (including phenoxy) is 1. The van der Waals surface area contributed by atoms with Gasteiger partial charge in [-0.25, -0.2) is 0 Å². The number of allylic oxidation sites excluding steroid dienone is 4. The quantitative estimate of drug-likeness (QED) is 0.606. The fourth-order valence-electron chi connectivity index (χ4n) is 3.44. The van der Waals surface area contributed by atoms with E-state index in [0.717, 1.165) is 22.3 Å². The summed E-state index contributed by atoms with van der Waals surface area (Å²) < 4.78 is 5.86. The first-order valence-electron chi connectivity index (χ1n) is 9.54. The van der Waals surface area contributed by atoms with E-state index >= 15 is 0 Å². The van der Waals surface area contributed by atoms with Gasteiger partial charge in [0.05, 0.1) is 6.20 Å². The molecule has 4 nitrogen and oxygen atoms in total. The van der Waals surface area contributed by atoms with E-state index in [2.05, 4.69) is 4.98 Å². The van der Waals surface area contributed by atoms with Gasteiger partial charge in [0.25, 0.3) is 0 Å². The number of carbonyl (C=O) groups is 2. The molecule has 1 heterocycles. The van der Waals surface area contributed by atoms with Gasteiger partial charge < -0.3 is 4.74 Å². The van der Waals surface area contributed by atoms with Gasteiger partial charge in [-0.3, -0.25) is 14.6 Å². The molecule has 0 radical (unpaired) electrons. The minimum atomic E-state index is -0.143. The molecule has 4 heteroatoms. The molecular formula is C24H25NO3. The van der Waals surface area contributed by atoms with E-state index in [4.69, 9.17) is 4.74 Å². The average molecular weight is 375 g/mol. The highest BCUT2D eigenvalue weighted by Crippen LogP contribution is 2.25. The van der Waals surface area contributed by atoms with Gasteiger partial charge in [0, 0.05) is 24.6 Å². The molecule has 1 atom stereocenters. The summed E-state index contributed by atoms with van der Waals surface area (Å²) in [6.45, 7) is 5.87. The van der Waals surface area contributed by atoms with Gasteiger partial charge in [0.1, 0.15) is 11.9 Å². The summed E-state index contributed by atoms with van der Waals surface area (Å²) in [5.74, 6) is 0.897. The summed E-state index contributed by atoms with van der Waals surface area (Å²) in [7, 11) is 0. The van der Waals surface area contributed by atoms with Gasteiger partial charge >= 0.3 is 0 Å². The third-order valence-corrected chi connectivity index (χ3v) is 4.97. The SMILES string of the molecule is CC1=CC(C)=C(CCC(=O)c2ccc(C(C)Oc3cccnc3)cc2)C(=O)C1. The van der Waals surface area contributed by atoms with Gasteiger partial charge in [0.2, 0.25) is 0 Å². The molecule has 0 aliphatic heterocycles. The number of pyridine rings is 1. The smallest absolute Gasteiger partial charge is 0.163 e. The Morgan fingerprint density at radius 3 is 2.57 bits per heavy atom. The lowest BCUT2D eigenvalue weighted by Gasteiger charge is -2.16. The highest BCUT2D eigenvalue weighted by Gasteiger charge is 2.19. The number of aromatic nitrogens is 1. The third-order valence-electron chi connectivity index (χ3n) is 4.97. The zero-order valence-electron chi connectivity index (χ0n) is 16.6. The molecule has 0 bridgehead atoms. The number of nitrogens with zero attached hydrogens (tertiary/aromatic N) is 1. The molecule has 0 amide bonds. The molecule has 0 fully saturated rings. The van der Waals surface area contributed by atoms with E-state index in [9.17, 15) is 9.59 Å². The largest absolute Gasteiger partial charge is 0.484 e. The van der Waals surface area contributed by atoms with E-state index in [1.165, 1.54) is 0 Å². The molecular weight excluding hydrogens is 350 g/mol. The van der Waals surface area contributed by atoms with Gasteiger partial charge in [-0.1, -0.05) is 35.9 Å². The summed E-state index contributed by atoms with van der Waals surface area (Å²) >= 11 is 0. The molecule has 3 rings (SSSR count). The average Bonchev–Trinajstić information content (AvgIpc) is 2.68. The predicted molar refractivity (Wildman–Crippen MR) is 109 cm³/mol. The maximum Gasteiger partial charge on any atom is 0.163 e. The summed E-state index contributed by atoms with van der Waals surface area (Å²) in [4.78, 5) is 28.8. The second kappa shape index (κ2) is 8.79. The maximum absolute atomic E-state index is 12.5. The van der Waals surface area contributed by atoms with Crippen LogP contribution in [0.2, 0.25) is 0 Å². The molecule has 1 aliphatic carbocycles. The summed E-state index contributed by atoms with van der Waals surface area (Å²) in [5, 5.41) is 0. The van der Waals surface area contributed by atoms with Crippen molar-refractivity contribution in [3.05, 3.63) is 82.7 Å². The zero-order chi connectivity index (χ0) is 20.1. The summed E-state index contributed by atoms with van der Waals surface area (Å²) in [6.07, 6.45) is 6.57. The van der Waals surface area contributed by atoms with Crippen molar-refractivity contribution in [1.29, 1.82) is 0 Å². The second-order valence-corrected chi connectivity index (χ2v) is 7.25. The van der Waals surface area contributed by atoms with E-state index in [1.807, 2.05) is 63.2 Å². The molecule has 0 spiro atoms. The second-order valence-electron chi connectivity index (χ2n) is 7.25. The van der Waals surface area contributed by atoms with Crippen LogP contribution in [0.25, 0.3) is 0 Å². The number of benzene rings is 1. The lowest BCUT2D eigenvalue weighted by molar-refractivity contribution is -0.115. The summed E-state index contributed by atoms with van der Waals surface area (Å²) in [5.41, 5.74) is 4.50. The van der Waals surface area contributed by atoms with Crippen LogP contribution in [0.4, 0.5) is 0 Å². The monoisotopic (exact) mass is 375 g/mol. The first-order valence-corrected chi connectivity index (χ1v) is 9.54. The molecule has 0 saturated carbocycles. The van der Waals surface area contributed by atoms with E-state index in [0.29, 0.717) is 30.6 Å². The van der Waals surface area contributed by atoms with Crippen LogP contribution in [0.5, 0.6) is 5.75 Å². The number of carbonyl (C=O) groups excluding carboxylic acids is 2. The number of hydrogen-bond acceptors (Lipinski definition) is 4. The Labute approximate surface area is 166 Å². The zero-order valence-corrected chi connectivity index (χ0v) is 16.6. The standard InChI is InChI=1S/C24H25NO3/c1-16-13-17(2)22(24(27)14-16)10-11-23(26)20-8-6-19(7-9-20)18(3)28-21-5-4-12-25-15-21/h4-9,12-13,15,18H,10-11,14H2,1-3H3. The summed E-state index contributed by atoms with van der Waals surface area (Å²) in [6, 6.07) is 11.2. The highest BCUT2D eigenvalue weighted by atomic mass is 16.5. The number of hydrogen-bond donors (Lipinski definition) is 0. The lowest BCUT2D eigenvalue weighted by Crippen LogP contribution is -2.11. The topological polar surface area (TPSA) is 56.3 Å². The Balaban J connectivity index is 1.61. The molecule has 1 aliphatic rings. The molecule has 2 aromatic rings. The Hall–Kier alpha value is -3.01. The van der Waals surface area contributed by atoms with Crippen molar-refractivity contribution in [2.45, 2.75) is 46.1 Å². The van der Waals surface area contributed by atoms with E-state index in [-0.39, 0.29) is 17.7 Å². The minimum Gasteiger partial charge on any atom is -0.484 e. The number of Topliss-reactive ketones (excluding diaryl/α,β-unsaturated/α-hetero) is 2. The Bertz CT molecular complexity index is 924. The molecule has 1 aromatic carbocycles. The normalized spacial score (nSPS) is 15.2. The fraction of sp³-hybridized carbons (Fsp3) is 0.292. The van der Waals surface area contributed by atoms with Crippen molar-refractivity contribution >= 4 is 11.6 Å². The Morgan fingerprint density at radius 1 is 1.18 bits per heavy atom. The van der Waals surface area contributed by atoms with Crippen molar-refractivity contribution in [3.63, 3.8) is 0 Å². The van der Waals surface area contributed by atoms with Crippen LogP contribution < -0.4 is 4.74 Å². The van der Waals surface area contributed by atoms with Gasteiger partial charge in [0.15, 0.2) is 11.6 Å². The van der Waals surface area contributed by atoms with Gasteiger partial charge in [-0.05, 0) is 56.0 Å². The molecule has 0 saturated heterocycles. The van der Waals surface area contributed by atoms with Crippen LogP contribution in [0.3, 0.4) is 0 Å². The van der Waals surface area contributed by atoms with Crippen LogP contribution in [0.1, 0.15) is 62.1 Å². The predicted octanol–water partition coefficient (Wildman–Crippen LogP) is 5.42. The van der Waals surface area contributed by atoms with Crippen LogP contribution in [-0.2, 0) is 4.79 Å². The molecule has 144 valence electrons. The van der Waals surface area contributed by atoms with E-state index < -0.39 is 0 Å². The Morgan fingerprint density at radius 2 is 1.93 bits per heavy atom. The first-order chi connectivity index (χ1) is 13.4. The van der Waals surface area contributed by atoms with Crippen LogP contribution in [-0.4, -0.2) is 16.6 Å². The van der Waals surface area contributed by atoms with Crippen LogP contribution >= 0.6 is 0 Å². The van der Waals surface area contributed by atoms with Gasteiger partial charge in [-0.2, -0.15) is 0 Å². The molecule has 1 unspecified atom stereocenters. The number of rotatable bonds is 7. The van der Waals surface area contributed by atoms with Crippen molar-refractivity contribution in [2.24, 2.45) is 0 Å². The molecule has 0 N–H and O–H groups in total. The van der Waals surface area contributed by atoms with E-state index in [1.54, 1.807) is 12.4 Å². The number of ketones is 2. The van der Waals surface area contributed by atoms with Crippen LogP contribution in [0.15, 0.2) is 71.6 Å². The minimum absolute atomic E-state index is 0.0479. The molecule has 1 aromatic heterocycles. The van der Waals surface area contributed by atoms with Crippen molar-refractivity contribution in [1.82, 2.24) is 4.98 Å². The third kappa shape index (κ3) is 4.83. The fourth-order valence-corrected chi connectivity index (χ4v) is 3.44. The maximum atomic E-state index is 12.5. The van der Waals surface area contributed by atoms with Gasteiger partial charge in [-0.15, -0.1) is 0 Å². The van der Waals surface area contributed by atoms with Crippen LogP contribution in [0, 0.1) is 0 Å². The molecule has 28 heavy (non-hydrogen) atoms. The first kappa shape index (κ1) is 19.7. The highest BCUT2D eigenvalue weighted by molar-refractivity contribution is 6.01.